The lowest BCUT2D eigenvalue weighted by molar-refractivity contribution is 0.101. The number of aliphatic hydroxyl groups is 1. The highest BCUT2D eigenvalue weighted by Gasteiger charge is 2.36. The number of aryl methyl sites for hydroxylation is 1. The lowest BCUT2D eigenvalue weighted by atomic mass is 9.97. The zero-order valence-electron chi connectivity index (χ0n) is 15.8. The maximum atomic E-state index is 11.0. The highest BCUT2D eigenvalue weighted by atomic mass is 32.2. The maximum Gasteiger partial charge on any atom is 0.333 e. The Labute approximate surface area is 169 Å². The zero-order chi connectivity index (χ0) is 19.7. The van der Waals surface area contributed by atoms with Crippen molar-refractivity contribution in [1.82, 2.24) is 9.97 Å². The predicted octanol–water partition coefficient (Wildman–Crippen LogP) is 2.89. The van der Waals surface area contributed by atoms with Gasteiger partial charge in [0, 0.05) is 5.92 Å². The zero-order valence-corrected chi connectivity index (χ0v) is 17.4. The summed E-state index contributed by atoms with van der Waals surface area (Å²) in [6.07, 6.45) is 9.84. The number of hydrogen-bond donors (Lipinski definition) is 2. The molecule has 2 fully saturated rings. The number of hydrogen-bond acceptors (Lipinski definition) is 7. The quantitative estimate of drug-likeness (QED) is 0.705. The van der Waals surface area contributed by atoms with Crippen molar-refractivity contribution in [2.24, 2.45) is 17.0 Å². The van der Waals surface area contributed by atoms with Gasteiger partial charge in [-0.05, 0) is 48.5 Å². The van der Waals surface area contributed by atoms with E-state index in [2.05, 4.69) is 15.3 Å². The van der Waals surface area contributed by atoms with Gasteiger partial charge in [0.2, 0.25) is 0 Å². The molecule has 2 saturated carbocycles. The first-order chi connectivity index (χ1) is 13.4. The van der Waals surface area contributed by atoms with Crippen LogP contribution in [0, 0.1) is 11.8 Å². The molecule has 7 nitrogen and oxygen atoms in total. The number of nitrogens with zero attached hydrogens (tertiary/aromatic N) is 2. The number of aromatic nitrogens is 2. The predicted molar refractivity (Wildman–Crippen MR) is 108 cm³/mol. The van der Waals surface area contributed by atoms with Crippen molar-refractivity contribution >= 4 is 31.9 Å². The fourth-order valence-electron chi connectivity index (χ4n) is 4.74. The van der Waals surface area contributed by atoms with Gasteiger partial charge in [-0.1, -0.05) is 25.7 Å². The minimum atomic E-state index is -3.99. The second kappa shape index (κ2) is 8.31. The third-order valence-electron chi connectivity index (χ3n) is 6.26. The molecule has 0 spiro atoms. The lowest BCUT2D eigenvalue weighted by Gasteiger charge is -2.12. The molecule has 2 aromatic heterocycles. The van der Waals surface area contributed by atoms with Gasteiger partial charge in [0.25, 0.3) is 0 Å². The van der Waals surface area contributed by atoms with Gasteiger partial charge in [0.1, 0.15) is 6.33 Å². The summed E-state index contributed by atoms with van der Waals surface area (Å²) in [6.45, 7) is -0.0831. The number of rotatable bonds is 7. The van der Waals surface area contributed by atoms with Crippen molar-refractivity contribution in [3.8, 4) is 0 Å². The van der Waals surface area contributed by atoms with Gasteiger partial charge < -0.3 is 5.11 Å². The van der Waals surface area contributed by atoms with E-state index in [0.717, 1.165) is 33.8 Å². The van der Waals surface area contributed by atoms with E-state index in [0.29, 0.717) is 12.8 Å². The van der Waals surface area contributed by atoms with Gasteiger partial charge in [-0.25, -0.2) is 15.1 Å². The molecule has 2 aromatic rings. The second-order valence-corrected chi connectivity index (χ2v) is 10.3. The van der Waals surface area contributed by atoms with Crippen molar-refractivity contribution in [1.29, 1.82) is 0 Å². The Kier molecular flexibility index (Phi) is 5.98. The van der Waals surface area contributed by atoms with Crippen molar-refractivity contribution in [2.75, 3.05) is 6.61 Å². The molecule has 3 atom stereocenters. The van der Waals surface area contributed by atoms with Gasteiger partial charge in [-0.2, -0.15) is 8.42 Å². The smallest absolute Gasteiger partial charge is 0.333 e. The molecule has 3 N–H and O–H groups in total. The van der Waals surface area contributed by atoms with Crippen LogP contribution in [-0.2, 0) is 20.9 Å². The average molecular weight is 426 g/mol. The van der Waals surface area contributed by atoms with Crippen LogP contribution >= 0.6 is 11.3 Å². The molecule has 2 aliphatic rings. The first kappa shape index (κ1) is 20.2. The highest BCUT2D eigenvalue weighted by Crippen LogP contribution is 2.43. The number of fused-ring (bicyclic) bond motifs is 1. The maximum absolute atomic E-state index is 11.0. The number of thiophene rings is 1. The van der Waals surface area contributed by atoms with Crippen LogP contribution in [-0.4, -0.2) is 36.2 Å². The highest BCUT2D eigenvalue weighted by molar-refractivity contribution is 7.84. The Morgan fingerprint density at radius 3 is 2.79 bits per heavy atom. The largest absolute Gasteiger partial charge is 0.393 e. The first-order valence-corrected chi connectivity index (χ1v) is 12.3. The van der Waals surface area contributed by atoms with Crippen LogP contribution in [0.5, 0.6) is 0 Å². The fraction of sp³-hybridized carbons (Fsp3) is 0.684. The van der Waals surface area contributed by atoms with Crippen LogP contribution in [0.4, 0.5) is 0 Å². The Bertz CT molecular complexity index is 924. The Balaban J connectivity index is 1.48. The molecule has 2 aliphatic carbocycles. The number of aliphatic hydroxyl groups excluding tert-OH is 1. The van der Waals surface area contributed by atoms with E-state index < -0.39 is 16.4 Å². The normalized spacial score (nSPS) is 26.4. The van der Waals surface area contributed by atoms with E-state index in [1.165, 1.54) is 32.1 Å². The minimum Gasteiger partial charge on any atom is -0.393 e. The van der Waals surface area contributed by atoms with E-state index in [1.807, 2.05) is 0 Å². The second-order valence-electron chi connectivity index (χ2n) is 8.15. The molecule has 154 valence electrons. The molecule has 4 rings (SSSR count). The summed E-state index contributed by atoms with van der Waals surface area (Å²) in [6, 6.07) is 0. The first-order valence-electron chi connectivity index (χ1n) is 9.97. The van der Waals surface area contributed by atoms with Crippen molar-refractivity contribution < 1.29 is 17.7 Å². The molecule has 0 aliphatic heterocycles. The van der Waals surface area contributed by atoms with Crippen LogP contribution < -0.4 is 5.14 Å². The van der Waals surface area contributed by atoms with Crippen LogP contribution in [0.1, 0.15) is 62.1 Å². The summed E-state index contributed by atoms with van der Waals surface area (Å²) >= 11 is 1.68. The van der Waals surface area contributed by atoms with Crippen LogP contribution in [0.15, 0.2) is 11.7 Å². The summed E-state index contributed by atoms with van der Waals surface area (Å²) in [7, 11) is -3.99. The molecule has 0 bridgehead atoms. The molecule has 2 heterocycles. The topological polar surface area (TPSA) is 115 Å². The molecular weight excluding hydrogens is 398 g/mol. The standard InChI is InChI=1S/C19H27N3O4S2/c20-28(24,25)26-9-14-7-13(8-17(14)23)15-10-27-19-16(21-11-22-18(15)19)6-5-12-3-1-2-4-12/h10-14,17,23H,1-9H2,(H2,20,24,25)/t13-,14+,17+/m1/s1. The molecule has 28 heavy (non-hydrogen) atoms. The van der Waals surface area contributed by atoms with E-state index in [9.17, 15) is 13.5 Å². The molecule has 0 radical (unpaired) electrons. The van der Waals surface area contributed by atoms with Gasteiger partial charge >= 0.3 is 10.3 Å². The van der Waals surface area contributed by atoms with Crippen LogP contribution in [0.3, 0.4) is 0 Å². The van der Waals surface area contributed by atoms with Gasteiger partial charge in [-0.15, -0.1) is 11.3 Å². The molecular formula is C19H27N3O4S2. The summed E-state index contributed by atoms with van der Waals surface area (Å²) < 4.78 is 27.9. The molecule has 0 unspecified atom stereocenters. The Hall–Kier alpha value is -1.13. The third-order valence-corrected chi connectivity index (χ3v) is 7.76. The van der Waals surface area contributed by atoms with Gasteiger partial charge in [-0.3, -0.25) is 4.18 Å². The van der Waals surface area contributed by atoms with E-state index in [4.69, 9.17) is 9.32 Å². The average Bonchev–Trinajstić information content (AvgIpc) is 3.37. The van der Waals surface area contributed by atoms with Crippen molar-refractivity contribution in [2.45, 2.75) is 63.4 Å². The van der Waals surface area contributed by atoms with E-state index >= 15 is 0 Å². The van der Waals surface area contributed by atoms with Crippen molar-refractivity contribution in [3.05, 3.63) is 23.0 Å². The molecule has 0 amide bonds. The SMILES string of the molecule is NS(=O)(=O)OC[C@@H]1C[C@@H](c2csc3c(CCC4CCCC4)ncnc23)C[C@@H]1O. The van der Waals surface area contributed by atoms with Gasteiger partial charge in [0.05, 0.1) is 28.6 Å². The third kappa shape index (κ3) is 4.54. The molecule has 0 aromatic carbocycles. The monoisotopic (exact) mass is 425 g/mol. The Morgan fingerprint density at radius 1 is 1.25 bits per heavy atom. The van der Waals surface area contributed by atoms with Crippen LogP contribution in [0.2, 0.25) is 0 Å². The van der Waals surface area contributed by atoms with E-state index in [1.54, 1.807) is 17.7 Å². The Morgan fingerprint density at radius 2 is 2.04 bits per heavy atom. The minimum absolute atomic E-state index is 0.0831. The lowest BCUT2D eigenvalue weighted by Crippen LogP contribution is -2.24. The van der Waals surface area contributed by atoms with E-state index in [-0.39, 0.29) is 18.4 Å². The number of nitrogens with two attached hydrogens (primary N) is 1. The van der Waals surface area contributed by atoms with Crippen molar-refractivity contribution in [3.63, 3.8) is 0 Å². The fourth-order valence-corrected chi connectivity index (χ4v) is 6.23. The molecule has 0 saturated heterocycles. The molecule has 9 heteroatoms. The van der Waals surface area contributed by atoms with Crippen LogP contribution in [0.25, 0.3) is 10.2 Å². The summed E-state index contributed by atoms with van der Waals surface area (Å²) in [5.74, 6) is 0.714. The summed E-state index contributed by atoms with van der Waals surface area (Å²) in [5.41, 5.74) is 3.23. The summed E-state index contributed by atoms with van der Waals surface area (Å²) in [5, 5.41) is 17.4. The van der Waals surface area contributed by atoms with Gasteiger partial charge in [0.15, 0.2) is 0 Å². The summed E-state index contributed by atoms with van der Waals surface area (Å²) in [4.78, 5) is 9.08.